The van der Waals surface area contributed by atoms with Gasteiger partial charge in [-0.15, -0.1) is 6.58 Å². The largest absolute Gasteiger partial charge is 0.312 e. The third-order valence-electron chi connectivity index (χ3n) is 4.86. The van der Waals surface area contributed by atoms with Crippen molar-refractivity contribution in [3.8, 4) is 0 Å². The van der Waals surface area contributed by atoms with Crippen LogP contribution in [-0.2, 0) is 16.6 Å². The number of benzene rings is 2. The number of hydrogen-bond donors (Lipinski definition) is 0. The molecule has 0 saturated heterocycles. The van der Waals surface area contributed by atoms with Gasteiger partial charge in [0.25, 0.3) is 5.91 Å². The second-order valence-electron chi connectivity index (χ2n) is 6.74. The van der Waals surface area contributed by atoms with Crippen molar-refractivity contribution in [3.05, 3.63) is 71.0 Å². The molecule has 0 aliphatic carbocycles. The summed E-state index contributed by atoms with van der Waals surface area (Å²) in [7, 11) is -3.56. The molecule has 1 aromatic heterocycles. The molecule has 0 spiro atoms. The van der Waals surface area contributed by atoms with Crippen LogP contribution in [0.2, 0.25) is 0 Å². The molecule has 0 radical (unpaired) electrons. The Labute approximate surface area is 180 Å². The quantitative estimate of drug-likeness (QED) is 0.519. The van der Waals surface area contributed by atoms with Crippen molar-refractivity contribution in [2.75, 3.05) is 13.1 Å². The van der Waals surface area contributed by atoms with Gasteiger partial charge in [0.05, 0.1) is 15.1 Å². The van der Waals surface area contributed by atoms with Crippen molar-refractivity contribution in [1.29, 1.82) is 0 Å². The predicted molar refractivity (Wildman–Crippen MR) is 121 cm³/mol. The summed E-state index contributed by atoms with van der Waals surface area (Å²) in [5, 5.41) is 0. The molecule has 3 aromatic rings. The number of allylic oxidation sites excluding steroid dienone is 1. The van der Waals surface area contributed by atoms with E-state index in [1.54, 1.807) is 19.9 Å². The highest BCUT2D eigenvalue weighted by atomic mass is 32.2. The van der Waals surface area contributed by atoms with Gasteiger partial charge in [-0.3, -0.25) is 4.79 Å². The zero-order valence-corrected chi connectivity index (χ0v) is 19.0. The van der Waals surface area contributed by atoms with E-state index in [4.69, 9.17) is 0 Å². The van der Waals surface area contributed by atoms with Crippen LogP contribution >= 0.6 is 11.3 Å². The molecule has 1 heterocycles. The van der Waals surface area contributed by atoms with Crippen molar-refractivity contribution in [1.82, 2.24) is 8.87 Å². The van der Waals surface area contributed by atoms with Crippen molar-refractivity contribution < 1.29 is 13.2 Å². The summed E-state index contributed by atoms with van der Waals surface area (Å²) in [5.41, 5.74) is 2.48. The third kappa shape index (κ3) is 4.16. The van der Waals surface area contributed by atoms with E-state index in [-0.39, 0.29) is 4.90 Å². The monoisotopic (exact) mass is 443 g/mol. The van der Waals surface area contributed by atoms with Crippen LogP contribution in [0.3, 0.4) is 0 Å². The summed E-state index contributed by atoms with van der Waals surface area (Å²) >= 11 is 1.44. The molecular formula is C22H25N3O3S2. The van der Waals surface area contributed by atoms with Crippen molar-refractivity contribution in [3.63, 3.8) is 0 Å². The van der Waals surface area contributed by atoms with Gasteiger partial charge in [0.2, 0.25) is 10.0 Å². The topological polar surface area (TPSA) is 71.7 Å². The molecule has 0 bridgehead atoms. The molecule has 0 N–H and O–H groups in total. The van der Waals surface area contributed by atoms with E-state index in [2.05, 4.69) is 11.6 Å². The Kier molecular flexibility index (Phi) is 6.70. The van der Waals surface area contributed by atoms with Gasteiger partial charge in [0, 0.05) is 25.2 Å². The molecular weight excluding hydrogens is 418 g/mol. The Morgan fingerprint density at radius 2 is 1.83 bits per heavy atom. The Bertz CT molecular complexity index is 1250. The smallest absolute Gasteiger partial charge is 0.279 e. The lowest BCUT2D eigenvalue weighted by atomic mass is 10.2. The molecule has 0 unspecified atom stereocenters. The van der Waals surface area contributed by atoms with Crippen molar-refractivity contribution in [2.45, 2.75) is 32.2 Å². The second-order valence-corrected chi connectivity index (χ2v) is 9.68. The number of hydrogen-bond acceptors (Lipinski definition) is 4. The van der Waals surface area contributed by atoms with E-state index in [1.807, 2.05) is 29.7 Å². The summed E-state index contributed by atoms with van der Waals surface area (Å²) in [4.78, 5) is 17.9. The van der Waals surface area contributed by atoms with Crippen molar-refractivity contribution in [2.24, 2.45) is 4.99 Å². The predicted octanol–water partition coefficient (Wildman–Crippen LogP) is 3.97. The number of amides is 1. The Morgan fingerprint density at radius 3 is 2.43 bits per heavy atom. The first kappa shape index (κ1) is 22.1. The number of carbonyl (C=O) groups is 1. The minimum Gasteiger partial charge on any atom is -0.312 e. The van der Waals surface area contributed by atoms with E-state index in [1.165, 1.54) is 39.9 Å². The molecule has 1 amide bonds. The lowest BCUT2D eigenvalue weighted by Gasteiger charge is -2.18. The fourth-order valence-corrected chi connectivity index (χ4v) is 5.90. The van der Waals surface area contributed by atoms with E-state index in [0.717, 1.165) is 15.8 Å². The number of aryl methyl sites for hydroxylation is 1. The number of para-hydroxylation sites is 1. The number of fused-ring (bicyclic) bond motifs is 1. The van der Waals surface area contributed by atoms with Gasteiger partial charge in [0.15, 0.2) is 4.80 Å². The Balaban J connectivity index is 2.00. The maximum atomic E-state index is 12.8. The molecule has 3 rings (SSSR count). The maximum Gasteiger partial charge on any atom is 0.279 e. The zero-order valence-electron chi connectivity index (χ0n) is 17.3. The van der Waals surface area contributed by atoms with E-state index in [9.17, 15) is 13.2 Å². The number of rotatable bonds is 7. The lowest BCUT2D eigenvalue weighted by molar-refractivity contribution is 0.0997. The van der Waals surface area contributed by atoms with Gasteiger partial charge in [0.1, 0.15) is 0 Å². The number of nitrogens with zero attached hydrogens (tertiary/aromatic N) is 3. The molecule has 0 fully saturated rings. The van der Waals surface area contributed by atoms with Crippen LogP contribution in [0.4, 0.5) is 0 Å². The summed E-state index contributed by atoms with van der Waals surface area (Å²) in [6, 6.07) is 12.0. The van der Waals surface area contributed by atoms with Crippen LogP contribution in [0.1, 0.15) is 29.8 Å². The minimum absolute atomic E-state index is 0.168. The van der Waals surface area contributed by atoms with E-state index >= 15 is 0 Å². The average molecular weight is 444 g/mol. The van der Waals surface area contributed by atoms with Gasteiger partial charge in [-0.25, -0.2) is 8.42 Å². The molecule has 0 aliphatic heterocycles. The first-order valence-corrected chi connectivity index (χ1v) is 12.0. The standard InChI is InChI=1S/C22H25N3O3S2/c1-5-15-25-20-16(4)9-8-10-19(20)29-22(25)23-21(26)17-11-13-18(14-12-17)30(27,28)24(6-2)7-3/h5,8-14H,1,6-7,15H2,2-4H3. The second kappa shape index (κ2) is 9.07. The molecule has 8 heteroatoms. The van der Waals surface area contributed by atoms with Crippen molar-refractivity contribution >= 4 is 37.5 Å². The summed E-state index contributed by atoms with van der Waals surface area (Å²) in [5.74, 6) is -0.413. The van der Waals surface area contributed by atoms with Crippen LogP contribution < -0.4 is 4.80 Å². The highest BCUT2D eigenvalue weighted by Crippen LogP contribution is 2.21. The number of aromatic nitrogens is 1. The molecule has 158 valence electrons. The summed E-state index contributed by atoms with van der Waals surface area (Å²) < 4.78 is 29.6. The minimum atomic E-state index is -3.56. The van der Waals surface area contributed by atoms with Crippen LogP contribution in [0.25, 0.3) is 10.2 Å². The SMILES string of the molecule is C=CCn1c(=NC(=O)c2ccc(S(=O)(=O)N(CC)CC)cc2)sc2cccc(C)c21. The molecule has 0 aliphatic rings. The van der Waals surface area contributed by atoms with Gasteiger partial charge < -0.3 is 4.57 Å². The zero-order chi connectivity index (χ0) is 21.9. The van der Waals surface area contributed by atoms with Crippen LogP contribution in [0, 0.1) is 6.92 Å². The van der Waals surface area contributed by atoms with Gasteiger partial charge in [-0.2, -0.15) is 9.30 Å². The Hall–Kier alpha value is -2.55. The highest BCUT2D eigenvalue weighted by Gasteiger charge is 2.21. The number of thiazole rings is 1. The van der Waals surface area contributed by atoms with Crippen LogP contribution in [0.5, 0.6) is 0 Å². The third-order valence-corrected chi connectivity index (χ3v) is 7.96. The lowest BCUT2D eigenvalue weighted by Crippen LogP contribution is -2.30. The normalized spacial score (nSPS) is 12.6. The molecule has 30 heavy (non-hydrogen) atoms. The molecule has 6 nitrogen and oxygen atoms in total. The average Bonchev–Trinajstić information content (AvgIpc) is 3.07. The van der Waals surface area contributed by atoms with Crippen LogP contribution in [0.15, 0.2) is 65.0 Å². The fraction of sp³-hybridized carbons (Fsp3) is 0.273. The van der Waals surface area contributed by atoms with Gasteiger partial charge in [-0.1, -0.05) is 43.4 Å². The summed E-state index contributed by atoms with van der Waals surface area (Å²) in [6.45, 7) is 10.7. The maximum absolute atomic E-state index is 12.8. The Morgan fingerprint density at radius 1 is 1.17 bits per heavy atom. The molecule has 2 aromatic carbocycles. The number of carbonyl (C=O) groups excluding carboxylic acids is 1. The molecule has 0 atom stereocenters. The first-order valence-electron chi connectivity index (χ1n) is 9.72. The highest BCUT2D eigenvalue weighted by molar-refractivity contribution is 7.89. The van der Waals surface area contributed by atoms with Gasteiger partial charge >= 0.3 is 0 Å². The van der Waals surface area contributed by atoms with Crippen LogP contribution in [-0.4, -0.2) is 36.3 Å². The summed E-state index contributed by atoms with van der Waals surface area (Å²) in [6.07, 6.45) is 1.77. The molecule has 0 saturated carbocycles. The van der Waals surface area contributed by atoms with E-state index < -0.39 is 15.9 Å². The van der Waals surface area contributed by atoms with Gasteiger partial charge in [-0.05, 0) is 42.8 Å². The number of sulfonamides is 1. The first-order chi connectivity index (χ1) is 14.3. The van der Waals surface area contributed by atoms with E-state index in [0.29, 0.717) is 30.0 Å². The fourth-order valence-electron chi connectivity index (χ4n) is 3.32.